The average Bonchev–Trinajstić information content (AvgIpc) is 2.82. The van der Waals surface area contributed by atoms with E-state index >= 15 is 0 Å². The van der Waals surface area contributed by atoms with Crippen LogP contribution in [0.25, 0.3) is 0 Å². The maximum absolute atomic E-state index is 5.76. The fourth-order valence-corrected chi connectivity index (χ4v) is 2.91. The highest BCUT2D eigenvalue weighted by molar-refractivity contribution is 6.29. The van der Waals surface area contributed by atoms with Crippen molar-refractivity contribution in [1.82, 2.24) is 15.1 Å². The third-order valence-corrected chi connectivity index (χ3v) is 4.10. The van der Waals surface area contributed by atoms with Gasteiger partial charge in [-0.05, 0) is 23.6 Å². The van der Waals surface area contributed by atoms with Gasteiger partial charge in [0.05, 0.1) is 0 Å². The van der Waals surface area contributed by atoms with E-state index in [1.165, 1.54) is 5.56 Å². The minimum atomic E-state index is 0.393. The molecule has 4 nitrogen and oxygen atoms in total. The van der Waals surface area contributed by atoms with Gasteiger partial charge in [0.1, 0.15) is 5.82 Å². The number of nitrogens with one attached hydrogen (secondary N) is 1. The Kier molecular flexibility index (Phi) is 4.36. The van der Waals surface area contributed by atoms with Gasteiger partial charge in [0.15, 0.2) is 5.15 Å². The highest BCUT2D eigenvalue weighted by Crippen LogP contribution is 2.21. The first-order valence-corrected chi connectivity index (χ1v) is 7.60. The van der Waals surface area contributed by atoms with Gasteiger partial charge in [-0.1, -0.05) is 48.9 Å². The molecule has 0 amide bonds. The van der Waals surface area contributed by atoms with E-state index in [0.29, 0.717) is 17.1 Å². The highest BCUT2D eigenvalue weighted by Gasteiger charge is 2.29. The molecule has 3 rings (SSSR count). The first kappa shape index (κ1) is 14.3. The molecule has 1 fully saturated rings. The molecule has 1 aromatic heterocycles. The Bertz CT molecular complexity index is 573. The summed E-state index contributed by atoms with van der Waals surface area (Å²) in [5.41, 5.74) is 1.36. The maximum Gasteiger partial charge on any atom is 0.151 e. The van der Waals surface area contributed by atoms with Crippen molar-refractivity contribution >= 4 is 17.4 Å². The Morgan fingerprint density at radius 1 is 1.14 bits per heavy atom. The summed E-state index contributed by atoms with van der Waals surface area (Å²) in [7, 11) is 0. The zero-order chi connectivity index (χ0) is 14.7. The number of hydrogen-bond acceptors (Lipinski definition) is 4. The van der Waals surface area contributed by atoms with E-state index in [1.54, 1.807) is 6.07 Å². The Balaban J connectivity index is 1.59. The van der Waals surface area contributed by atoms with Crippen LogP contribution in [0.3, 0.4) is 0 Å². The normalized spacial score (nSPS) is 22.4. The minimum absolute atomic E-state index is 0.393. The van der Waals surface area contributed by atoms with E-state index in [9.17, 15) is 0 Å². The number of aromatic nitrogens is 2. The van der Waals surface area contributed by atoms with Crippen LogP contribution in [0.5, 0.6) is 0 Å². The Morgan fingerprint density at radius 2 is 1.95 bits per heavy atom. The fraction of sp³-hybridized carbons (Fsp3) is 0.375. The predicted octanol–water partition coefficient (Wildman–Crippen LogP) is 3.06. The molecule has 1 N–H and O–H groups in total. The smallest absolute Gasteiger partial charge is 0.151 e. The Morgan fingerprint density at radius 3 is 2.67 bits per heavy atom. The minimum Gasteiger partial charge on any atom is -0.364 e. The van der Waals surface area contributed by atoms with Crippen LogP contribution in [0, 0.1) is 5.92 Å². The number of likely N-dealkylation sites (tertiary alicyclic amines) is 1. The monoisotopic (exact) mass is 302 g/mol. The summed E-state index contributed by atoms with van der Waals surface area (Å²) >= 11 is 5.76. The number of rotatable bonds is 4. The SMILES string of the molecule is CC1CN(Cc2ccccc2)CC1Nc1ccc(Cl)nn1. The topological polar surface area (TPSA) is 41.0 Å². The van der Waals surface area contributed by atoms with E-state index in [2.05, 4.69) is 57.7 Å². The van der Waals surface area contributed by atoms with Gasteiger partial charge < -0.3 is 5.32 Å². The van der Waals surface area contributed by atoms with E-state index in [1.807, 2.05) is 6.07 Å². The third-order valence-electron chi connectivity index (χ3n) is 3.90. The average molecular weight is 303 g/mol. The van der Waals surface area contributed by atoms with Crippen LogP contribution in [0.4, 0.5) is 5.82 Å². The molecule has 110 valence electrons. The maximum atomic E-state index is 5.76. The van der Waals surface area contributed by atoms with Crippen molar-refractivity contribution in [2.24, 2.45) is 5.92 Å². The molecule has 21 heavy (non-hydrogen) atoms. The van der Waals surface area contributed by atoms with Crippen LogP contribution < -0.4 is 5.32 Å². The van der Waals surface area contributed by atoms with Gasteiger partial charge in [-0.2, -0.15) is 0 Å². The van der Waals surface area contributed by atoms with E-state index in [4.69, 9.17) is 11.6 Å². The molecule has 1 aromatic carbocycles. The van der Waals surface area contributed by atoms with Gasteiger partial charge in [0, 0.05) is 25.7 Å². The fourth-order valence-electron chi connectivity index (χ4n) is 2.81. The molecule has 2 unspecified atom stereocenters. The lowest BCUT2D eigenvalue weighted by Gasteiger charge is -2.17. The summed E-state index contributed by atoms with van der Waals surface area (Å²) in [4.78, 5) is 2.47. The number of hydrogen-bond donors (Lipinski definition) is 1. The quantitative estimate of drug-likeness (QED) is 0.942. The van der Waals surface area contributed by atoms with Gasteiger partial charge in [0.25, 0.3) is 0 Å². The van der Waals surface area contributed by atoms with E-state index in [0.717, 1.165) is 25.5 Å². The molecule has 0 saturated carbocycles. The molecule has 1 aliphatic heterocycles. The molecule has 0 spiro atoms. The first-order valence-electron chi connectivity index (χ1n) is 7.23. The van der Waals surface area contributed by atoms with Crippen LogP contribution in [0.2, 0.25) is 5.15 Å². The zero-order valence-electron chi connectivity index (χ0n) is 12.0. The molecule has 2 atom stereocenters. The molecule has 1 saturated heterocycles. The Hall–Kier alpha value is -1.65. The molecule has 2 heterocycles. The van der Waals surface area contributed by atoms with Gasteiger partial charge in [-0.25, -0.2) is 0 Å². The second-order valence-electron chi connectivity index (χ2n) is 5.65. The van der Waals surface area contributed by atoms with Gasteiger partial charge >= 0.3 is 0 Å². The molecule has 2 aromatic rings. The van der Waals surface area contributed by atoms with Crippen molar-refractivity contribution in [3.05, 3.63) is 53.2 Å². The van der Waals surface area contributed by atoms with Crippen LogP contribution in [0.15, 0.2) is 42.5 Å². The third kappa shape index (κ3) is 3.71. The number of nitrogens with zero attached hydrogens (tertiary/aromatic N) is 3. The number of anilines is 1. The van der Waals surface area contributed by atoms with Gasteiger partial charge in [-0.3, -0.25) is 4.90 Å². The number of benzene rings is 1. The summed E-state index contributed by atoms with van der Waals surface area (Å²) < 4.78 is 0. The highest BCUT2D eigenvalue weighted by atomic mass is 35.5. The summed E-state index contributed by atoms with van der Waals surface area (Å²) in [6.07, 6.45) is 0. The zero-order valence-corrected chi connectivity index (χ0v) is 12.8. The van der Waals surface area contributed by atoms with Crippen molar-refractivity contribution in [2.75, 3.05) is 18.4 Å². The molecule has 0 bridgehead atoms. The predicted molar refractivity (Wildman–Crippen MR) is 85.3 cm³/mol. The van der Waals surface area contributed by atoms with E-state index < -0.39 is 0 Å². The van der Waals surface area contributed by atoms with Gasteiger partial charge in [-0.15, -0.1) is 10.2 Å². The largest absolute Gasteiger partial charge is 0.364 e. The molecular formula is C16H19ClN4. The van der Waals surface area contributed by atoms with Crippen LogP contribution in [-0.4, -0.2) is 34.2 Å². The van der Waals surface area contributed by atoms with Crippen LogP contribution >= 0.6 is 11.6 Å². The standard InChI is InChI=1S/C16H19ClN4/c1-12-9-21(10-13-5-3-2-4-6-13)11-14(12)18-16-8-7-15(17)19-20-16/h2-8,12,14H,9-11H2,1H3,(H,18,20). The lowest BCUT2D eigenvalue weighted by Crippen LogP contribution is -2.28. The van der Waals surface area contributed by atoms with Crippen LogP contribution in [-0.2, 0) is 6.54 Å². The summed E-state index contributed by atoms with van der Waals surface area (Å²) in [5.74, 6) is 1.36. The van der Waals surface area contributed by atoms with Crippen molar-refractivity contribution in [1.29, 1.82) is 0 Å². The van der Waals surface area contributed by atoms with Crippen molar-refractivity contribution in [2.45, 2.75) is 19.5 Å². The molecule has 5 heteroatoms. The lowest BCUT2D eigenvalue weighted by atomic mass is 10.1. The molecule has 1 aliphatic rings. The summed E-state index contributed by atoms with van der Waals surface area (Å²) in [6.45, 7) is 5.37. The number of halogens is 1. The molecule has 0 aliphatic carbocycles. The van der Waals surface area contributed by atoms with Crippen molar-refractivity contribution in [3.63, 3.8) is 0 Å². The first-order chi connectivity index (χ1) is 10.2. The summed E-state index contributed by atoms with van der Waals surface area (Å²) in [6, 6.07) is 14.6. The van der Waals surface area contributed by atoms with Crippen molar-refractivity contribution in [3.8, 4) is 0 Å². The summed E-state index contributed by atoms with van der Waals surface area (Å²) in [5, 5.41) is 11.8. The van der Waals surface area contributed by atoms with Crippen LogP contribution in [0.1, 0.15) is 12.5 Å². The van der Waals surface area contributed by atoms with Crippen molar-refractivity contribution < 1.29 is 0 Å². The lowest BCUT2D eigenvalue weighted by molar-refractivity contribution is 0.319. The molecule has 0 radical (unpaired) electrons. The van der Waals surface area contributed by atoms with Gasteiger partial charge in [0.2, 0.25) is 0 Å². The Labute approximate surface area is 130 Å². The van der Waals surface area contributed by atoms with E-state index in [-0.39, 0.29) is 0 Å². The molecular weight excluding hydrogens is 284 g/mol. The second kappa shape index (κ2) is 6.41. The second-order valence-corrected chi connectivity index (χ2v) is 6.04.